The molecule has 0 unspecified atom stereocenters. The molecule has 11 nitrogen and oxygen atoms in total. The van der Waals surface area contributed by atoms with Crippen LogP contribution in [-0.4, -0.2) is 89.1 Å². The van der Waals surface area contributed by atoms with E-state index in [1.54, 1.807) is 4.57 Å². The molecule has 1 fully saturated rings. The molecule has 43 heavy (non-hydrogen) atoms. The van der Waals surface area contributed by atoms with E-state index in [-0.39, 0.29) is 25.1 Å². The summed E-state index contributed by atoms with van der Waals surface area (Å²) in [4.78, 5) is 30.5. The van der Waals surface area contributed by atoms with Gasteiger partial charge in [0.1, 0.15) is 0 Å². The van der Waals surface area contributed by atoms with Gasteiger partial charge in [0.2, 0.25) is 18.4 Å². The van der Waals surface area contributed by atoms with Crippen molar-refractivity contribution in [2.75, 3.05) is 46.6 Å². The maximum Gasteiger partial charge on any atom is 0.308 e. The number of aryl methyl sites for hydroxylation is 1. The van der Waals surface area contributed by atoms with Crippen LogP contribution in [0, 0.1) is 5.92 Å². The van der Waals surface area contributed by atoms with E-state index < -0.39 is 23.8 Å². The molecule has 3 atom stereocenters. The number of amides is 1. The number of hydrogen-bond acceptors (Lipinski definition) is 8. The smallest absolute Gasteiger partial charge is 0.308 e. The summed E-state index contributed by atoms with van der Waals surface area (Å²) in [5, 5.41) is 23.2. The third-order valence-corrected chi connectivity index (χ3v) is 8.68. The predicted molar refractivity (Wildman–Crippen MR) is 162 cm³/mol. The molecule has 232 valence electrons. The summed E-state index contributed by atoms with van der Waals surface area (Å²) >= 11 is 0. The summed E-state index contributed by atoms with van der Waals surface area (Å²) < 4.78 is 18.5. The lowest BCUT2D eigenvalue weighted by molar-refractivity contribution is -0.144. The molecule has 1 saturated heterocycles. The number of carboxylic acid groups (broad SMARTS) is 1. The SMILES string of the molecule is CCCCN(CCCN)C(=O)CN1C[C@H](c2cc(OC)c3c(c2)OCO3)[C@@H](C(=O)O)[C@@H]1CCn1cc2ccccc2c1O. The molecule has 4 N–H and O–H groups in total. The van der Waals surface area contributed by atoms with Gasteiger partial charge in [-0.15, -0.1) is 0 Å². The molecule has 0 spiro atoms. The highest BCUT2D eigenvalue weighted by Crippen LogP contribution is 2.47. The Morgan fingerprint density at radius 3 is 2.67 bits per heavy atom. The molecule has 1 amide bonds. The van der Waals surface area contributed by atoms with Crippen molar-refractivity contribution in [3.05, 3.63) is 48.2 Å². The molecule has 3 heterocycles. The zero-order valence-corrected chi connectivity index (χ0v) is 24.9. The number of carbonyl (C=O) groups is 2. The Morgan fingerprint density at radius 2 is 1.95 bits per heavy atom. The van der Waals surface area contributed by atoms with Crippen LogP contribution in [0.25, 0.3) is 10.8 Å². The van der Waals surface area contributed by atoms with Gasteiger partial charge in [-0.3, -0.25) is 14.5 Å². The first-order valence-electron chi connectivity index (χ1n) is 15.0. The molecule has 11 heteroatoms. The second-order valence-electron chi connectivity index (χ2n) is 11.3. The molecule has 0 bridgehead atoms. The van der Waals surface area contributed by atoms with Crippen molar-refractivity contribution in [3.63, 3.8) is 0 Å². The first-order chi connectivity index (χ1) is 20.9. The highest BCUT2D eigenvalue weighted by atomic mass is 16.7. The normalized spacial score (nSPS) is 19.7. The molecule has 3 aromatic rings. The van der Waals surface area contributed by atoms with Crippen LogP contribution in [0.2, 0.25) is 0 Å². The second kappa shape index (κ2) is 13.6. The van der Waals surface area contributed by atoms with E-state index in [1.165, 1.54) is 7.11 Å². The summed E-state index contributed by atoms with van der Waals surface area (Å²) in [6.07, 6.45) is 4.86. The number of nitrogens with zero attached hydrogens (tertiary/aromatic N) is 3. The maximum atomic E-state index is 13.7. The van der Waals surface area contributed by atoms with Crippen LogP contribution < -0.4 is 19.9 Å². The van der Waals surface area contributed by atoms with Gasteiger partial charge in [0.25, 0.3) is 0 Å². The number of carboxylic acids is 1. The number of nitrogens with two attached hydrogens (primary N) is 1. The van der Waals surface area contributed by atoms with Crippen molar-refractivity contribution in [1.29, 1.82) is 0 Å². The average molecular weight is 595 g/mol. The maximum absolute atomic E-state index is 13.7. The van der Waals surface area contributed by atoms with Crippen molar-refractivity contribution in [2.24, 2.45) is 11.7 Å². The fourth-order valence-corrected chi connectivity index (χ4v) is 6.46. The van der Waals surface area contributed by atoms with E-state index in [0.717, 1.165) is 29.2 Å². The summed E-state index contributed by atoms with van der Waals surface area (Å²) in [6.45, 7) is 4.72. The lowest BCUT2D eigenvalue weighted by atomic mass is 9.84. The number of unbranched alkanes of at least 4 members (excludes halogenated alkanes) is 1. The molecule has 0 radical (unpaired) electrons. The van der Waals surface area contributed by atoms with Crippen LogP contribution in [0.4, 0.5) is 0 Å². The fraction of sp³-hybridized carbons (Fsp3) is 0.500. The number of rotatable bonds is 14. The van der Waals surface area contributed by atoms with Crippen molar-refractivity contribution in [2.45, 2.75) is 51.1 Å². The number of ether oxygens (including phenoxy) is 3. The Bertz CT molecular complexity index is 1430. The van der Waals surface area contributed by atoms with E-state index >= 15 is 0 Å². The van der Waals surface area contributed by atoms with Crippen LogP contribution in [-0.2, 0) is 16.1 Å². The molecule has 2 aliphatic rings. The third-order valence-electron chi connectivity index (χ3n) is 8.68. The van der Waals surface area contributed by atoms with E-state index in [1.807, 2.05) is 52.4 Å². The zero-order valence-electron chi connectivity index (χ0n) is 24.9. The van der Waals surface area contributed by atoms with Gasteiger partial charge < -0.3 is 39.6 Å². The number of likely N-dealkylation sites (tertiary alicyclic amines) is 1. The Kier molecular flexibility index (Phi) is 9.62. The molecule has 2 aromatic carbocycles. The van der Waals surface area contributed by atoms with Gasteiger partial charge in [0, 0.05) is 55.1 Å². The molecule has 5 rings (SSSR count). The summed E-state index contributed by atoms with van der Waals surface area (Å²) in [6, 6.07) is 10.8. The van der Waals surface area contributed by atoms with Crippen LogP contribution in [0.5, 0.6) is 23.1 Å². The van der Waals surface area contributed by atoms with E-state index in [9.17, 15) is 19.8 Å². The van der Waals surface area contributed by atoms with Crippen LogP contribution in [0.3, 0.4) is 0 Å². The number of methoxy groups -OCH3 is 1. The zero-order chi connectivity index (χ0) is 30.5. The van der Waals surface area contributed by atoms with Gasteiger partial charge in [-0.2, -0.15) is 0 Å². The molecule has 1 aromatic heterocycles. The van der Waals surface area contributed by atoms with Gasteiger partial charge in [-0.25, -0.2) is 0 Å². The van der Waals surface area contributed by atoms with Gasteiger partial charge in [-0.05, 0) is 49.6 Å². The summed E-state index contributed by atoms with van der Waals surface area (Å²) in [5.41, 5.74) is 6.52. The van der Waals surface area contributed by atoms with E-state index in [2.05, 4.69) is 6.92 Å². The van der Waals surface area contributed by atoms with E-state index in [4.69, 9.17) is 19.9 Å². The lowest BCUT2D eigenvalue weighted by Crippen LogP contribution is -2.45. The summed E-state index contributed by atoms with van der Waals surface area (Å²) in [7, 11) is 1.54. The largest absolute Gasteiger partial charge is 0.494 e. The number of fused-ring (bicyclic) bond motifs is 2. The monoisotopic (exact) mass is 594 g/mol. The number of aromatic hydroxyl groups is 1. The Morgan fingerprint density at radius 1 is 1.16 bits per heavy atom. The van der Waals surface area contributed by atoms with Gasteiger partial charge >= 0.3 is 5.97 Å². The molecular weight excluding hydrogens is 552 g/mol. The molecule has 0 saturated carbocycles. The quantitative estimate of drug-likeness (QED) is 0.255. The Hall–Kier alpha value is -3.96. The van der Waals surface area contributed by atoms with Crippen LogP contribution in [0.1, 0.15) is 44.1 Å². The van der Waals surface area contributed by atoms with Gasteiger partial charge in [-0.1, -0.05) is 31.5 Å². The number of benzene rings is 2. The van der Waals surface area contributed by atoms with Gasteiger partial charge in [0.15, 0.2) is 17.4 Å². The highest BCUT2D eigenvalue weighted by Gasteiger charge is 2.47. The van der Waals surface area contributed by atoms with Crippen molar-refractivity contribution >= 4 is 22.6 Å². The van der Waals surface area contributed by atoms with E-state index in [0.29, 0.717) is 62.8 Å². The van der Waals surface area contributed by atoms with Gasteiger partial charge in [0.05, 0.1) is 19.6 Å². The molecule has 0 aliphatic carbocycles. The lowest BCUT2D eigenvalue weighted by Gasteiger charge is -2.30. The summed E-state index contributed by atoms with van der Waals surface area (Å²) in [5.74, 6) is -0.557. The standard InChI is InChI=1S/C32H42N4O7/c1-3-4-12-34(13-7-11-33)28(37)19-36-18-24(22-15-26(41-2)30-27(16-22)42-20-43-30)29(32(39)40)25(36)10-14-35-17-21-8-5-6-9-23(21)31(35)38/h5-6,8-9,15-17,24-25,29,38H,3-4,7,10-14,18-20,33H2,1-2H3,(H,39,40)/t24-,25+,29-/m1/s1. The minimum atomic E-state index is -0.936. The highest BCUT2D eigenvalue weighted by molar-refractivity contribution is 5.87. The van der Waals surface area contributed by atoms with Crippen molar-refractivity contribution in [1.82, 2.24) is 14.4 Å². The van der Waals surface area contributed by atoms with Crippen LogP contribution in [0.15, 0.2) is 42.6 Å². The third kappa shape index (κ3) is 6.37. The Balaban J connectivity index is 1.46. The first kappa shape index (κ1) is 30.5. The Labute approximate surface area is 251 Å². The van der Waals surface area contributed by atoms with Crippen molar-refractivity contribution in [3.8, 4) is 23.1 Å². The number of hydrogen-bond donors (Lipinski definition) is 3. The van der Waals surface area contributed by atoms with Crippen molar-refractivity contribution < 1.29 is 34.0 Å². The minimum absolute atomic E-state index is 0.0329. The average Bonchev–Trinajstić information content (AvgIpc) is 3.71. The molecular formula is C32H42N4O7. The number of aliphatic carboxylic acids is 1. The fourth-order valence-electron chi connectivity index (χ4n) is 6.46. The van der Waals surface area contributed by atoms with Crippen LogP contribution >= 0.6 is 0 Å². The number of aromatic nitrogens is 1. The second-order valence-corrected chi connectivity index (χ2v) is 11.3. The predicted octanol–water partition coefficient (Wildman–Crippen LogP) is 3.62. The first-order valence-corrected chi connectivity index (χ1v) is 15.0. The topological polar surface area (TPSA) is 140 Å². The minimum Gasteiger partial charge on any atom is -0.494 e. The molecule has 2 aliphatic heterocycles. The number of carbonyl (C=O) groups excluding carboxylic acids is 1.